The van der Waals surface area contributed by atoms with Crippen LogP contribution < -0.4 is 45.9 Å². The van der Waals surface area contributed by atoms with Gasteiger partial charge in [-0.15, -0.1) is 0 Å². The number of aliphatic carboxylic acids is 5. The summed E-state index contributed by atoms with van der Waals surface area (Å²) in [5, 5.41) is 48.1. The molecule has 0 unspecified atom stereocenters. The zero-order chi connectivity index (χ0) is 34.6. The van der Waals surface area contributed by atoms with Gasteiger partial charge in [-0.2, -0.15) is 0 Å². The largest absolute Gasteiger partial charge is 0.480 e. The Morgan fingerprint density at radius 3 is 0.738 bits per heavy atom. The number of aliphatic hydroxyl groups excluding tert-OH is 1. The molecule has 22 heteroatoms. The summed E-state index contributed by atoms with van der Waals surface area (Å²) in [4.78, 5) is 79.3. The molecule has 4 atom stereocenters. The fourth-order valence-corrected chi connectivity index (χ4v) is 1.34. The molecule has 0 heterocycles. The lowest BCUT2D eigenvalue weighted by molar-refractivity contribution is -0.140. The second-order valence-corrected chi connectivity index (χ2v) is 7.57. The Balaban J connectivity index is -0.000000139. The molecular weight excluding hydrogens is 576 g/mol. The summed E-state index contributed by atoms with van der Waals surface area (Å²) in [5.41, 5.74) is 38.8. The van der Waals surface area contributed by atoms with Crippen molar-refractivity contribution in [3.63, 3.8) is 0 Å². The van der Waals surface area contributed by atoms with E-state index in [1.54, 1.807) is 0 Å². The minimum absolute atomic E-state index is 0.0213. The first-order valence-electron chi connectivity index (χ1n) is 11.4. The molecule has 0 saturated heterocycles. The number of carbonyl (C=O) groups excluding carboxylic acids is 3. The SMILES string of the molecule is NC(=O)CC[C@H](N)C(=O)O.NC(=O)CC[C@H](N)C(=O)O.NC(=O)CC[C@H](N)C(=O)O.NCC(=O)O.N[C@@H](CO)C(=O)O. The van der Waals surface area contributed by atoms with E-state index in [0.29, 0.717) is 0 Å². The predicted molar refractivity (Wildman–Crippen MR) is 142 cm³/mol. The van der Waals surface area contributed by atoms with Crippen LogP contribution in [0.5, 0.6) is 0 Å². The molecule has 3 amide bonds. The van der Waals surface area contributed by atoms with E-state index >= 15 is 0 Å². The lowest BCUT2D eigenvalue weighted by Gasteiger charge is -2.01. The topological polar surface area (TPSA) is 466 Å². The summed E-state index contributed by atoms with van der Waals surface area (Å²) in [6.45, 7) is -0.782. The van der Waals surface area contributed by atoms with Gasteiger partial charge in [0.15, 0.2) is 0 Å². The number of carboxylic acids is 5. The van der Waals surface area contributed by atoms with E-state index in [9.17, 15) is 38.4 Å². The molecule has 0 aromatic rings. The number of hydrogen-bond donors (Lipinski definition) is 14. The lowest BCUT2D eigenvalue weighted by atomic mass is 10.2. The molecule has 22 N–H and O–H groups in total. The van der Waals surface area contributed by atoms with Crippen LogP contribution in [0.25, 0.3) is 0 Å². The summed E-state index contributed by atoms with van der Waals surface area (Å²) in [6.07, 6.45) is 0.369. The summed E-state index contributed by atoms with van der Waals surface area (Å²) >= 11 is 0. The van der Waals surface area contributed by atoms with Crippen LogP contribution >= 0.6 is 0 Å². The first-order valence-corrected chi connectivity index (χ1v) is 11.4. The quantitative estimate of drug-likeness (QED) is 0.0810. The molecule has 0 saturated carbocycles. The molecule has 0 aliphatic heterocycles. The molecule has 0 aromatic heterocycles. The second-order valence-electron chi connectivity index (χ2n) is 7.57. The van der Waals surface area contributed by atoms with E-state index in [1.165, 1.54) is 0 Å². The molecule has 0 radical (unpaired) electrons. The fraction of sp³-hybridized carbons (Fsp3) is 0.600. The van der Waals surface area contributed by atoms with Crippen molar-refractivity contribution in [3.05, 3.63) is 0 Å². The molecule has 0 aromatic carbocycles. The average molecular weight is 619 g/mol. The first kappa shape index (κ1) is 47.3. The Labute approximate surface area is 238 Å². The van der Waals surface area contributed by atoms with Crippen LogP contribution in [0.3, 0.4) is 0 Å². The number of carboxylic acid groups (broad SMARTS) is 5. The molecule has 0 aliphatic rings. The van der Waals surface area contributed by atoms with Crippen molar-refractivity contribution in [3.8, 4) is 0 Å². The maximum absolute atomic E-state index is 10.1. The lowest BCUT2D eigenvalue weighted by Crippen LogP contribution is -2.33. The Hall–Kier alpha value is -4.48. The highest BCUT2D eigenvalue weighted by molar-refractivity contribution is 5.78. The van der Waals surface area contributed by atoms with E-state index in [0.717, 1.165) is 0 Å². The van der Waals surface area contributed by atoms with Crippen LogP contribution in [-0.2, 0) is 38.4 Å². The average Bonchev–Trinajstić information content (AvgIpc) is 2.89. The standard InChI is InChI=1S/3C5H10N2O3.C3H7NO3.C2H5NO2/c3*6-3(5(9)10)1-2-4(7)8;4-2(1-5)3(6)7;3-1-2(4)5/h3*3H,1-2,6H2,(H2,7,8)(H,9,10);2,5H,1,4H2,(H,6,7);1,3H2,(H,4,5)/t3*3-;2-;/m0000./s1. The van der Waals surface area contributed by atoms with Gasteiger partial charge in [-0.25, -0.2) is 0 Å². The number of carbonyl (C=O) groups is 8. The molecule has 0 aliphatic carbocycles. The molecule has 0 rings (SSSR count). The molecule has 0 bridgehead atoms. The third kappa shape index (κ3) is 45.4. The third-order valence-electron chi connectivity index (χ3n) is 3.75. The van der Waals surface area contributed by atoms with Crippen molar-refractivity contribution in [2.45, 2.75) is 62.7 Å². The summed E-state index contributed by atoms with van der Waals surface area (Å²) < 4.78 is 0. The number of aliphatic hydroxyl groups is 1. The van der Waals surface area contributed by atoms with Gasteiger partial charge < -0.3 is 76.5 Å². The molecule has 0 spiro atoms. The van der Waals surface area contributed by atoms with Crippen molar-refractivity contribution in [2.75, 3.05) is 13.2 Å². The normalized spacial score (nSPS) is 12.0. The third-order valence-corrected chi connectivity index (χ3v) is 3.75. The van der Waals surface area contributed by atoms with Gasteiger partial charge in [-0.3, -0.25) is 38.4 Å². The molecular formula is C20H42N8O14. The van der Waals surface area contributed by atoms with Crippen LogP contribution in [0.2, 0.25) is 0 Å². The van der Waals surface area contributed by atoms with Crippen molar-refractivity contribution < 1.29 is 69.0 Å². The van der Waals surface area contributed by atoms with Gasteiger partial charge in [0.2, 0.25) is 17.7 Å². The number of amides is 3. The molecule has 42 heavy (non-hydrogen) atoms. The maximum atomic E-state index is 10.1. The van der Waals surface area contributed by atoms with Crippen LogP contribution in [0.4, 0.5) is 0 Å². The number of primary amides is 3. The highest BCUT2D eigenvalue weighted by atomic mass is 16.4. The maximum Gasteiger partial charge on any atom is 0.322 e. The van der Waals surface area contributed by atoms with Crippen LogP contribution in [0.15, 0.2) is 0 Å². The minimum Gasteiger partial charge on any atom is -0.480 e. The van der Waals surface area contributed by atoms with Gasteiger partial charge in [-0.05, 0) is 19.3 Å². The smallest absolute Gasteiger partial charge is 0.322 e. The molecule has 22 nitrogen and oxygen atoms in total. The van der Waals surface area contributed by atoms with E-state index in [-0.39, 0.29) is 45.1 Å². The zero-order valence-electron chi connectivity index (χ0n) is 22.5. The van der Waals surface area contributed by atoms with E-state index in [2.05, 4.69) is 5.73 Å². The highest BCUT2D eigenvalue weighted by Crippen LogP contribution is 1.93. The fourth-order valence-electron chi connectivity index (χ4n) is 1.34. The summed E-state index contributed by atoms with van der Waals surface area (Å²) in [7, 11) is 0. The highest BCUT2D eigenvalue weighted by Gasteiger charge is 2.13. The summed E-state index contributed by atoms with van der Waals surface area (Å²) in [6, 6.07) is -4.06. The van der Waals surface area contributed by atoms with E-state index < -0.39 is 78.3 Å². The second kappa shape index (κ2) is 29.5. The predicted octanol–water partition coefficient (Wildman–Crippen LogP) is -6.59. The van der Waals surface area contributed by atoms with Gasteiger partial charge in [0.25, 0.3) is 0 Å². The number of nitrogens with two attached hydrogens (primary N) is 8. The van der Waals surface area contributed by atoms with Crippen molar-refractivity contribution >= 4 is 47.6 Å². The van der Waals surface area contributed by atoms with Crippen LogP contribution in [0.1, 0.15) is 38.5 Å². The van der Waals surface area contributed by atoms with Gasteiger partial charge in [-0.1, -0.05) is 0 Å². The van der Waals surface area contributed by atoms with Gasteiger partial charge in [0.1, 0.15) is 24.2 Å². The van der Waals surface area contributed by atoms with Gasteiger partial charge in [0, 0.05) is 19.3 Å². The van der Waals surface area contributed by atoms with E-state index in [1.807, 2.05) is 0 Å². The molecule has 0 fully saturated rings. The van der Waals surface area contributed by atoms with Crippen LogP contribution in [0, 0.1) is 0 Å². The Morgan fingerprint density at radius 1 is 0.476 bits per heavy atom. The zero-order valence-corrected chi connectivity index (χ0v) is 22.5. The van der Waals surface area contributed by atoms with Crippen molar-refractivity contribution in [2.24, 2.45) is 45.9 Å². The van der Waals surface area contributed by atoms with Crippen molar-refractivity contribution in [1.29, 1.82) is 0 Å². The monoisotopic (exact) mass is 618 g/mol. The first-order chi connectivity index (χ1) is 19.1. The van der Waals surface area contributed by atoms with Crippen molar-refractivity contribution in [1.82, 2.24) is 0 Å². The van der Waals surface area contributed by atoms with Gasteiger partial charge in [0.05, 0.1) is 13.2 Å². The molecule has 246 valence electrons. The Morgan fingerprint density at radius 2 is 0.667 bits per heavy atom. The number of hydrogen-bond acceptors (Lipinski definition) is 14. The van der Waals surface area contributed by atoms with Gasteiger partial charge >= 0.3 is 29.8 Å². The van der Waals surface area contributed by atoms with Crippen LogP contribution in [-0.4, -0.2) is 116 Å². The number of rotatable bonds is 15. The Kier molecular flexibility index (Phi) is 33.2. The van der Waals surface area contributed by atoms with E-state index in [4.69, 9.17) is 70.8 Å². The Bertz CT molecular complexity index is 778. The summed E-state index contributed by atoms with van der Waals surface area (Å²) in [5.74, 6) is -7.07. The minimum atomic E-state index is -1.18.